The molecule has 0 aliphatic carbocycles. The average molecular weight is 718 g/mol. The van der Waals surface area contributed by atoms with Crippen LogP contribution in [0.15, 0.2) is 29.3 Å². The quantitative estimate of drug-likeness (QED) is 0.211. The van der Waals surface area contributed by atoms with Crippen molar-refractivity contribution in [1.82, 2.24) is 14.7 Å². The van der Waals surface area contributed by atoms with Gasteiger partial charge in [0.25, 0.3) is 0 Å². The van der Waals surface area contributed by atoms with Gasteiger partial charge in [-0.2, -0.15) is 26.3 Å². The summed E-state index contributed by atoms with van der Waals surface area (Å²) in [5.41, 5.74) is 0.621. The van der Waals surface area contributed by atoms with Gasteiger partial charge in [-0.25, -0.2) is 4.99 Å². The van der Waals surface area contributed by atoms with Gasteiger partial charge in [-0.3, -0.25) is 9.59 Å². The van der Waals surface area contributed by atoms with Crippen LogP contribution in [0.1, 0.15) is 92.2 Å². The van der Waals surface area contributed by atoms with Crippen LogP contribution in [0.5, 0.6) is 0 Å². The van der Waals surface area contributed by atoms with E-state index >= 15 is 0 Å². The largest absolute Gasteiger partial charge is 0.416 e. The molecule has 14 heteroatoms. The number of amides is 1. The molecule has 5 rings (SSSR count). The van der Waals surface area contributed by atoms with Crippen LogP contribution >= 0.6 is 11.3 Å². The molecule has 0 atom stereocenters. The van der Waals surface area contributed by atoms with Crippen LogP contribution < -0.4 is 4.90 Å². The smallest absolute Gasteiger partial charge is 0.369 e. The first kappa shape index (κ1) is 41.8. The fourth-order valence-electron chi connectivity index (χ4n) is 5.38. The highest BCUT2D eigenvalue weighted by Crippen LogP contribution is 2.42. The lowest BCUT2D eigenvalue weighted by molar-refractivity contribution is -0.143. The third-order valence-corrected chi connectivity index (χ3v) is 9.13. The highest BCUT2D eigenvalue weighted by atomic mass is 32.1. The number of rotatable bonds is 7. The molecule has 0 N–H and O–H groups in total. The molecule has 49 heavy (non-hydrogen) atoms. The number of likely N-dealkylation sites (tertiary alicyclic amines) is 1. The Morgan fingerprint density at radius 2 is 1.49 bits per heavy atom. The van der Waals surface area contributed by atoms with Gasteiger partial charge in [-0.05, 0) is 50.6 Å². The van der Waals surface area contributed by atoms with Crippen LogP contribution in [0.3, 0.4) is 0 Å². The third-order valence-electron chi connectivity index (χ3n) is 8.00. The number of halogens is 6. The van der Waals surface area contributed by atoms with Crippen LogP contribution in [-0.2, 0) is 17.1 Å². The number of hydrogen-bond acceptors (Lipinski definition) is 7. The van der Waals surface area contributed by atoms with Gasteiger partial charge in [-0.1, -0.05) is 47.1 Å². The van der Waals surface area contributed by atoms with Crippen molar-refractivity contribution in [2.75, 3.05) is 57.8 Å². The number of benzene rings is 1. The van der Waals surface area contributed by atoms with Crippen molar-refractivity contribution >= 4 is 46.3 Å². The molecule has 3 aliphatic rings. The van der Waals surface area contributed by atoms with E-state index in [1.54, 1.807) is 4.90 Å². The Labute approximate surface area is 290 Å². The Morgan fingerprint density at radius 3 is 1.98 bits per heavy atom. The number of unbranched alkanes of at least 4 members (excludes halogenated alkanes) is 1. The number of hydrogen-bond donors (Lipinski definition) is 0. The van der Waals surface area contributed by atoms with Crippen LogP contribution in [0, 0.1) is 6.92 Å². The molecule has 0 unspecified atom stereocenters. The second-order valence-corrected chi connectivity index (χ2v) is 12.3. The maximum atomic E-state index is 12.8. The van der Waals surface area contributed by atoms with Crippen LogP contribution in [0.25, 0.3) is 5.70 Å². The summed E-state index contributed by atoms with van der Waals surface area (Å²) in [6.45, 7) is 16.4. The van der Waals surface area contributed by atoms with Gasteiger partial charge in [0, 0.05) is 69.2 Å². The van der Waals surface area contributed by atoms with Crippen LogP contribution in [-0.4, -0.2) is 86.1 Å². The Hall–Kier alpha value is -3.39. The topological polar surface area (TPSA) is 59.5 Å². The van der Waals surface area contributed by atoms with Gasteiger partial charge in [0.1, 0.15) is 5.00 Å². The van der Waals surface area contributed by atoms with Crippen molar-refractivity contribution in [3.63, 3.8) is 0 Å². The summed E-state index contributed by atoms with van der Waals surface area (Å²) in [5.74, 6) is 0.249. The summed E-state index contributed by atoms with van der Waals surface area (Å²) in [7, 11) is 1.85. The molecule has 7 nitrogen and oxygen atoms in total. The molecule has 0 bridgehead atoms. The van der Waals surface area contributed by atoms with E-state index in [0.717, 1.165) is 77.5 Å². The zero-order valence-corrected chi connectivity index (χ0v) is 30.3. The van der Waals surface area contributed by atoms with E-state index in [2.05, 4.69) is 22.9 Å². The van der Waals surface area contributed by atoms with E-state index in [1.165, 1.54) is 11.3 Å². The molecule has 4 heterocycles. The van der Waals surface area contributed by atoms with Gasteiger partial charge >= 0.3 is 12.4 Å². The molecule has 1 aromatic heterocycles. The Bertz CT molecular complexity index is 1400. The zero-order chi connectivity index (χ0) is 36.9. The number of alkyl halides is 6. The number of thiophene rings is 1. The fraction of sp³-hybridized carbons (Fsp3) is 0.571. The molecule has 274 valence electrons. The number of carbonyl (C=O) groups is 2. The molecule has 0 saturated carbocycles. The molecule has 2 aromatic rings. The second kappa shape index (κ2) is 19.1. The number of fused-ring (bicyclic) bond motifs is 1. The minimum atomic E-state index is -4.80. The van der Waals surface area contributed by atoms with E-state index in [-0.39, 0.29) is 17.7 Å². The Balaban J connectivity index is 0.000000311. The molecule has 1 amide bonds. The number of anilines is 1. The number of allylic oxidation sites excluding steroid dienone is 1. The molecule has 2 fully saturated rings. The fourth-order valence-corrected chi connectivity index (χ4v) is 6.35. The SMILES string of the molecule is CC.CC.CCC/C=C1/c2c(sc(C=O)c2C)N=CN1CCN1CCCC1=O.CN1CCN(c2cc(C(F)(F)F)cc(C(F)(F)F)c2)CC1. The van der Waals surface area contributed by atoms with Crippen LogP contribution in [0.2, 0.25) is 0 Å². The predicted octanol–water partition coefficient (Wildman–Crippen LogP) is 9.14. The van der Waals surface area contributed by atoms with Crippen molar-refractivity contribution in [1.29, 1.82) is 0 Å². The maximum absolute atomic E-state index is 12.8. The third kappa shape index (κ3) is 11.3. The molecule has 0 radical (unpaired) electrons. The lowest BCUT2D eigenvalue weighted by atomic mass is 10.0. The zero-order valence-electron chi connectivity index (χ0n) is 29.5. The number of piperazine rings is 1. The summed E-state index contributed by atoms with van der Waals surface area (Å²) in [6, 6.07) is 1.71. The Kier molecular flexibility index (Phi) is 16.3. The van der Waals surface area contributed by atoms with Gasteiger partial charge in [0.2, 0.25) is 5.91 Å². The normalized spacial score (nSPS) is 17.1. The first-order chi connectivity index (χ1) is 23.2. The lowest BCUT2D eigenvalue weighted by Gasteiger charge is -2.34. The standard InChI is InChI=1S/C18H23N3O2S.C13H14F6N2.2C2H6/c1-3-4-6-14-17-13(2)15(11-22)24-18(17)19-12-21(14)10-9-20-8-5-7-16(20)23;1-20-2-4-21(5-3-20)11-7-9(12(14,15)16)6-10(8-11)13(17,18)19;2*1-2/h6,11-12H,3-5,7-10H2,1-2H3;6-8H,2-5H2,1H3;2*1-2H3/b14-6-;;;. The molecule has 1 aromatic carbocycles. The average Bonchev–Trinajstić information content (AvgIpc) is 3.65. The van der Waals surface area contributed by atoms with E-state index in [9.17, 15) is 35.9 Å². The van der Waals surface area contributed by atoms with Crippen molar-refractivity contribution in [3.05, 3.63) is 51.4 Å². The Morgan fingerprint density at radius 1 is 0.898 bits per heavy atom. The lowest BCUT2D eigenvalue weighted by Crippen LogP contribution is -2.44. The minimum Gasteiger partial charge on any atom is -0.369 e. The van der Waals surface area contributed by atoms with Gasteiger partial charge in [0.05, 0.1) is 22.3 Å². The summed E-state index contributed by atoms with van der Waals surface area (Å²) in [6.07, 6.45) is -0.945. The van der Waals surface area contributed by atoms with Gasteiger partial charge in [0.15, 0.2) is 6.29 Å². The van der Waals surface area contributed by atoms with Crippen molar-refractivity contribution < 1.29 is 35.9 Å². The number of aliphatic imine (C=N–C) groups is 1. The molecule has 0 spiro atoms. The van der Waals surface area contributed by atoms with Gasteiger partial charge < -0.3 is 19.6 Å². The monoisotopic (exact) mass is 717 g/mol. The predicted molar refractivity (Wildman–Crippen MR) is 187 cm³/mol. The van der Waals surface area contributed by atoms with E-state index < -0.39 is 23.5 Å². The van der Waals surface area contributed by atoms with E-state index in [0.29, 0.717) is 39.1 Å². The highest BCUT2D eigenvalue weighted by molar-refractivity contribution is 7.18. The summed E-state index contributed by atoms with van der Waals surface area (Å²) >= 11 is 1.45. The number of carbonyl (C=O) groups excluding carboxylic acids is 2. The molecular formula is C35H49F6N5O2S. The van der Waals surface area contributed by atoms with Crippen molar-refractivity contribution in [2.45, 2.75) is 79.6 Å². The summed E-state index contributed by atoms with van der Waals surface area (Å²) < 4.78 is 76.6. The van der Waals surface area contributed by atoms with Crippen molar-refractivity contribution in [3.8, 4) is 0 Å². The number of aldehydes is 1. The molecule has 3 aliphatic heterocycles. The number of likely N-dealkylation sites (N-methyl/N-ethyl adjacent to an activating group) is 1. The maximum Gasteiger partial charge on any atom is 0.416 e. The minimum absolute atomic E-state index is 0.0368. The molecule has 2 saturated heterocycles. The van der Waals surface area contributed by atoms with E-state index in [4.69, 9.17) is 0 Å². The van der Waals surface area contributed by atoms with E-state index in [1.807, 2.05) is 57.8 Å². The first-order valence-corrected chi connectivity index (χ1v) is 17.6. The summed E-state index contributed by atoms with van der Waals surface area (Å²) in [4.78, 5) is 35.9. The second-order valence-electron chi connectivity index (χ2n) is 11.2. The van der Waals surface area contributed by atoms with Crippen molar-refractivity contribution in [2.24, 2.45) is 4.99 Å². The highest BCUT2D eigenvalue weighted by Gasteiger charge is 2.37. The van der Waals surface area contributed by atoms with Crippen LogP contribution in [0.4, 0.5) is 37.0 Å². The first-order valence-electron chi connectivity index (χ1n) is 16.8. The molecular weight excluding hydrogens is 668 g/mol. The number of nitrogens with zero attached hydrogens (tertiary/aromatic N) is 5. The summed E-state index contributed by atoms with van der Waals surface area (Å²) in [5, 5.41) is 0.908. The van der Waals surface area contributed by atoms with Gasteiger partial charge in [-0.15, -0.1) is 11.3 Å².